The number of carbonyl (C=O) groups is 1. The molecule has 0 radical (unpaired) electrons. The second-order valence-corrected chi connectivity index (χ2v) is 4.35. The second-order valence-electron chi connectivity index (χ2n) is 3.15. The monoisotopic (exact) mass is 354 g/mol. The molecule has 1 aromatic rings. The van der Waals surface area contributed by atoms with Gasteiger partial charge in [0.15, 0.2) is 0 Å². The van der Waals surface area contributed by atoms with Crippen molar-refractivity contribution in [2.75, 3.05) is 0 Å². The smallest absolute Gasteiger partial charge is 0.276 e. The third-order valence-electron chi connectivity index (χ3n) is 1.92. The van der Waals surface area contributed by atoms with E-state index >= 15 is 0 Å². The third-order valence-corrected chi connectivity index (χ3v) is 2.73. The predicted molar refractivity (Wildman–Crippen MR) is 54.3 cm³/mol. The van der Waals surface area contributed by atoms with Crippen LogP contribution < -0.4 is 0 Å². The van der Waals surface area contributed by atoms with Crippen LogP contribution in [0.2, 0.25) is 0 Å². The Bertz CT molecular complexity index is 493. The van der Waals surface area contributed by atoms with Gasteiger partial charge in [-0.15, -0.1) is 0 Å². The van der Waals surface area contributed by atoms with Crippen LogP contribution in [0.1, 0.15) is 21.5 Å². The van der Waals surface area contributed by atoms with Crippen molar-refractivity contribution in [3.05, 3.63) is 33.3 Å². The summed E-state index contributed by atoms with van der Waals surface area (Å²) in [5, 5.41) is -1.50. The molecule has 0 unspecified atom stereocenters. The lowest BCUT2D eigenvalue weighted by Crippen LogP contribution is -2.15. The molecule has 0 aromatic heterocycles. The van der Waals surface area contributed by atoms with Crippen molar-refractivity contribution in [2.24, 2.45) is 0 Å². The van der Waals surface area contributed by atoms with Gasteiger partial charge in [0.25, 0.3) is 5.24 Å². The molecular weight excluding hydrogens is 353 g/mol. The van der Waals surface area contributed by atoms with Gasteiger partial charge in [0.2, 0.25) is 0 Å². The second kappa shape index (κ2) is 4.73. The van der Waals surface area contributed by atoms with Crippen LogP contribution in [0, 0.1) is 0 Å². The van der Waals surface area contributed by atoms with Crippen LogP contribution in [-0.4, -0.2) is 5.24 Å². The normalized spacial score (nSPS) is 12.7. The first-order chi connectivity index (χ1) is 7.94. The topological polar surface area (TPSA) is 17.1 Å². The highest BCUT2D eigenvalue weighted by atomic mass is 79.9. The van der Waals surface area contributed by atoms with Crippen molar-refractivity contribution in [1.82, 2.24) is 0 Å². The van der Waals surface area contributed by atoms with Gasteiger partial charge in [-0.3, -0.25) is 4.79 Å². The molecule has 0 atom stereocenters. The molecular formula is C9H2BrClF6O. The minimum Gasteiger partial charge on any atom is -0.276 e. The summed E-state index contributed by atoms with van der Waals surface area (Å²) in [6, 6.07) is 0.214. The van der Waals surface area contributed by atoms with Gasteiger partial charge in [-0.1, -0.05) is 0 Å². The molecule has 0 heterocycles. The summed E-state index contributed by atoms with van der Waals surface area (Å²) in [6.07, 6.45) is -10.1. The molecule has 0 aliphatic rings. The molecule has 0 saturated heterocycles. The van der Waals surface area contributed by atoms with Crippen molar-refractivity contribution in [1.29, 1.82) is 0 Å². The Hall–Kier alpha value is -0.760. The zero-order valence-corrected chi connectivity index (χ0v) is 10.4. The van der Waals surface area contributed by atoms with E-state index in [2.05, 4.69) is 15.9 Å². The Morgan fingerprint density at radius 1 is 1.06 bits per heavy atom. The minimum absolute atomic E-state index is 0.152. The number of alkyl halides is 6. The molecule has 0 spiro atoms. The van der Waals surface area contributed by atoms with E-state index in [0.29, 0.717) is 6.07 Å². The number of carbonyl (C=O) groups excluding carboxylic acids is 1. The number of benzene rings is 1. The SMILES string of the molecule is O=C(Cl)c1c(Br)cc(C(F)(F)F)cc1C(F)(F)F. The number of rotatable bonds is 1. The highest BCUT2D eigenvalue weighted by molar-refractivity contribution is 9.10. The summed E-state index contributed by atoms with van der Waals surface area (Å²) in [5.74, 6) is 0. The zero-order chi connectivity index (χ0) is 14.3. The summed E-state index contributed by atoms with van der Waals surface area (Å²) in [6.45, 7) is 0. The first-order valence-corrected chi connectivity index (χ1v) is 5.29. The summed E-state index contributed by atoms with van der Waals surface area (Å²) < 4.78 is 74.1. The largest absolute Gasteiger partial charge is 0.417 e. The predicted octanol–water partition coefficient (Wildman–Crippen LogP) is 4.87. The van der Waals surface area contributed by atoms with E-state index in [-0.39, 0.29) is 6.07 Å². The molecule has 1 rings (SSSR count). The van der Waals surface area contributed by atoms with Gasteiger partial charge in [0.1, 0.15) is 0 Å². The summed E-state index contributed by atoms with van der Waals surface area (Å²) in [5.41, 5.74) is -4.30. The third kappa shape index (κ3) is 3.17. The van der Waals surface area contributed by atoms with Gasteiger partial charge in [0.05, 0.1) is 16.7 Å². The Morgan fingerprint density at radius 2 is 1.56 bits per heavy atom. The van der Waals surface area contributed by atoms with Gasteiger partial charge in [0, 0.05) is 4.47 Å². The van der Waals surface area contributed by atoms with E-state index in [9.17, 15) is 31.1 Å². The fraction of sp³-hybridized carbons (Fsp3) is 0.222. The molecule has 1 nitrogen and oxygen atoms in total. The van der Waals surface area contributed by atoms with Gasteiger partial charge in [-0.25, -0.2) is 0 Å². The maximum atomic E-state index is 12.6. The maximum Gasteiger partial charge on any atom is 0.417 e. The van der Waals surface area contributed by atoms with E-state index in [4.69, 9.17) is 11.6 Å². The van der Waals surface area contributed by atoms with Crippen LogP contribution in [0.5, 0.6) is 0 Å². The molecule has 1 aromatic carbocycles. The van der Waals surface area contributed by atoms with Gasteiger partial charge in [-0.2, -0.15) is 26.3 Å². The van der Waals surface area contributed by atoms with E-state index in [1.54, 1.807) is 0 Å². The van der Waals surface area contributed by atoms with E-state index in [0.717, 1.165) is 0 Å². The number of halogens is 8. The quantitative estimate of drug-likeness (QED) is 0.519. The van der Waals surface area contributed by atoms with Crippen LogP contribution in [0.3, 0.4) is 0 Å². The zero-order valence-electron chi connectivity index (χ0n) is 8.09. The molecule has 0 amide bonds. The fourth-order valence-electron chi connectivity index (χ4n) is 1.19. The van der Waals surface area contributed by atoms with Gasteiger partial charge < -0.3 is 0 Å². The minimum atomic E-state index is -5.12. The molecule has 0 aliphatic carbocycles. The van der Waals surface area contributed by atoms with Crippen molar-refractivity contribution in [3.63, 3.8) is 0 Å². The van der Waals surface area contributed by atoms with Gasteiger partial charge >= 0.3 is 12.4 Å². The van der Waals surface area contributed by atoms with Crippen LogP contribution in [0.15, 0.2) is 16.6 Å². The molecule has 0 saturated carbocycles. The highest BCUT2D eigenvalue weighted by Crippen LogP contribution is 2.40. The van der Waals surface area contributed by atoms with E-state index in [1.807, 2.05) is 0 Å². The molecule has 0 aliphatic heterocycles. The molecule has 0 N–H and O–H groups in total. The number of hydrogen-bond donors (Lipinski definition) is 0. The molecule has 0 bridgehead atoms. The van der Waals surface area contributed by atoms with E-state index < -0.39 is 38.8 Å². The lowest BCUT2D eigenvalue weighted by Gasteiger charge is -2.15. The number of hydrogen-bond acceptors (Lipinski definition) is 1. The van der Waals surface area contributed by atoms with Crippen LogP contribution >= 0.6 is 27.5 Å². The van der Waals surface area contributed by atoms with Crippen LogP contribution in [-0.2, 0) is 12.4 Å². The standard InChI is InChI=1S/C9H2BrClF6O/c10-5-2-3(8(12,13)14)1-4(9(15,16)17)6(5)7(11)18/h1-2H. The summed E-state index contributed by atoms with van der Waals surface area (Å²) >= 11 is 7.41. The Morgan fingerprint density at radius 3 is 1.89 bits per heavy atom. The van der Waals surface area contributed by atoms with Gasteiger partial charge in [-0.05, 0) is 39.7 Å². The fourth-order valence-corrected chi connectivity index (χ4v) is 2.15. The average Bonchev–Trinajstić information content (AvgIpc) is 2.12. The van der Waals surface area contributed by atoms with Crippen molar-refractivity contribution in [3.8, 4) is 0 Å². The molecule has 18 heavy (non-hydrogen) atoms. The Kier molecular flexibility index (Phi) is 4.02. The first kappa shape index (κ1) is 15.3. The average molecular weight is 355 g/mol. The highest BCUT2D eigenvalue weighted by Gasteiger charge is 2.40. The van der Waals surface area contributed by atoms with E-state index in [1.165, 1.54) is 0 Å². The van der Waals surface area contributed by atoms with Crippen molar-refractivity contribution < 1.29 is 31.1 Å². The molecule has 100 valence electrons. The Labute approximate surface area is 110 Å². The van der Waals surface area contributed by atoms with Crippen LogP contribution in [0.25, 0.3) is 0 Å². The molecule has 9 heteroatoms. The lowest BCUT2D eigenvalue weighted by atomic mass is 10.0. The Balaban J connectivity index is 3.64. The summed E-state index contributed by atoms with van der Waals surface area (Å²) in [4.78, 5) is 10.8. The maximum absolute atomic E-state index is 12.6. The first-order valence-electron chi connectivity index (χ1n) is 4.12. The van der Waals surface area contributed by atoms with Crippen molar-refractivity contribution in [2.45, 2.75) is 12.4 Å². The van der Waals surface area contributed by atoms with Crippen molar-refractivity contribution >= 4 is 32.8 Å². The molecule has 0 fully saturated rings. The van der Waals surface area contributed by atoms with Crippen LogP contribution in [0.4, 0.5) is 26.3 Å². The lowest BCUT2D eigenvalue weighted by molar-refractivity contribution is -0.143. The summed E-state index contributed by atoms with van der Waals surface area (Å²) in [7, 11) is 0.